The van der Waals surface area contributed by atoms with E-state index >= 15 is 0 Å². The average molecular weight is 415 g/mol. The van der Waals surface area contributed by atoms with Gasteiger partial charge in [0.2, 0.25) is 0 Å². The van der Waals surface area contributed by atoms with E-state index < -0.39 is 0 Å². The minimum absolute atomic E-state index is 0.0774. The van der Waals surface area contributed by atoms with Crippen molar-refractivity contribution in [2.75, 3.05) is 39.3 Å². The van der Waals surface area contributed by atoms with Gasteiger partial charge in [0.1, 0.15) is 0 Å². The topological polar surface area (TPSA) is 43.9 Å². The zero-order valence-electron chi connectivity index (χ0n) is 13.5. The summed E-state index contributed by atoms with van der Waals surface area (Å²) >= 11 is 9.52. The Labute approximate surface area is 155 Å². The summed E-state index contributed by atoms with van der Waals surface area (Å²) in [6.07, 6.45) is 3.39. The van der Waals surface area contributed by atoms with Gasteiger partial charge in [0.05, 0.1) is 10.6 Å². The number of benzene rings is 1. The smallest absolute Gasteiger partial charge is 0.320 e. The van der Waals surface area contributed by atoms with E-state index in [0.29, 0.717) is 36.8 Å². The third-order valence-corrected chi connectivity index (χ3v) is 5.45. The van der Waals surface area contributed by atoms with Crippen LogP contribution in [-0.2, 0) is 0 Å². The van der Waals surface area contributed by atoms with E-state index in [4.69, 9.17) is 11.6 Å². The SMILES string of the molecule is O=C(c1cc(Br)ccc1Cl)N1CCN(C(=O)N2CCCCC2)CC1. The van der Waals surface area contributed by atoms with E-state index in [2.05, 4.69) is 15.9 Å². The first-order valence-electron chi connectivity index (χ1n) is 8.34. The molecule has 0 unspecified atom stereocenters. The number of urea groups is 1. The number of rotatable bonds is 1. The van der Waals surface area contributed by atoms with Gasteiger partial charge in [0.25, 0.3) is 5.91 Å². The zero-order valence-corrected chi connectivity index (χ0v) is 15.9. The zero-order chi connectivity index (χ0) is 17.1. The molecule has 1 aromatic rings. The molecule has 3 amide bonds. The van der Waals surface area contributed by atoms with Gasteiger partial charge in [-0.3, -0.25) is 4.79 Å². The van der Waals surface area contributed by atoms with Crippen LogP contribution in [0, 0.1) is 0 Å². The second-order valence-corrected chi connectivity index (χ2v) is 7.56. The molecule has 2 saturated heterocycles. The van der Waals surface area contributed by atoms with Crippen LogP contribution in [0.3, 0.4) is 0 Å². The van der Waals surface area contributed by atoms with Crippen molar-refractivity contribution in [1.29, 1.82) is 0 Å². The molecule has 0 spiro atoms. The highest BCUT2D eigenvalue weighted by atomic mass is 79.9. The first kappa shape index (κ1) is 17.5. The predicted octanol–water partition coefficient (Wildman–Crippen LogP) is 3.47. The molecule has 0 aromatic heterocycles. The highest BCUT2D eigenvalue weighted by molar-refractivity contribution is 9.10. The molecule has 0 atom stereocenters. The predicted molar refractivity (Wildman–Crippen MR) is 97.4 cm³/mol. The summed E-state index contributed by atoms with van der Waals surface area (Å²) in [5, 5.41) is 0.454. The van der Waals surface area contributed by atoms with E-state index in [1.165, 1.54) is 6.42 Å². The summed E-state index contributed by atoms with van der Waals surface area (Å²) in [4.78, 5) is 30.7. The molecule has 130 valence electrons. The van der Waals surface area contributed by atoms with Crippen LogP contribution in [0.1, 0.15) is 29.6 Å². The van der Waals surface area contributed by atoms with Crippen LogP contribution in [0.5, 0.6) is 0 Å². The van der Waals surface area contributed by atoms with Crippen LogP contribution in [-0.4, -0.2) is 65.9 Å². The molecule has 2 fully saturated rings. The molecule has 3 rings (SSSR count). The molecule has 0 bridgehead atoms. The molecule has 0 radical (unpaired) electrons. The van der Waals surface area contributed by atoms with Gasteiger partial charge >= 0.3 is 6.03 Å². The minimum Gasteiger partial charge on any atom is -0.335 e. The summed E-state index contributed by atoms with van der Waals surface area (Å²) in [6.45, 7) is 3.94. The monoisotopic (exact) mass is 413 g/mol. The van der Waals surface area contributed by atoms with Crippen LogP contribution in [0.15, 0.2) is 22.7 Å². The summed E-state index contributed by atoms with van der Waals surface area (Å²) < 4.78 is 0.828. The van der Waals surface area contributed by atoms with E-state index in [1.54, 1.807) is 17.0 Å². The van der Waals surface area contributed by atoms with Gasteiger partial charge < -0.3 is 14.7 Å². The molecular weight excluding hydrogens is 394 g/mol. The number of amides is 3. The lowest BCUT2D eigenvalue weighted by Crippen LogP contribution is -2.54. The van der Waals surface area contributed by atoms with Gasteiger partial charge in [-0.15, -0.1) is 0 Å². The van der Waals surface area contributed by atoms with Crippen LogP contribution in [0.4, 0.5) is 4.79 Å². The maximum Gasteiger partial charge on any atom is 0.320 e. The molecule has 0 saturated carbocycles. The van der Waals surface area contributed by atoms with E-state index in [-0.39, 0.29) is 11.9 Å². The summed E-state index contributed by atoms with van der Waals surface area (Å²) in [6, 6.07) is 5.39. The normalized spacial score (nSPS) is 18.7. The van der Waals surface area contributed by atoms with Crippen molar-refractivity contribution in [2.45, 2.75) is 19.3 Å². The Morgan fingerprint density at radius 1 is 0.875 bits per heavy atom. The standard InChI is InChI=1S/C17H21BrClN3O2/c18-13-4-5-15(19)14(12-13)16(23)20-8-10-22(11-9-20)17(24)21-6-2-1-3-7-21/h4-5,12H,1-3,6-11H2. The van der Waals surface area contributed by atoms with E-state index in [0.717, 1.165) is 30.4 Å². The fourth-order valence-electron chi connectivity index (χ4n) is 3.22. The van der Waals surface area contributed by atoms with Gasteiger partial charge in [0, 0.05) is 43.7 Å². The van der Waals surface area contributed by atoms with E-state index in [9.17, 15) is 9.59 Å². The van der Waals surface area contributed by atoms with Gasteiger partial charge in [-0.2, -0.15) is 0 Å². The molecule has 0 N–H and O–H groups in total. The first-order chi connectivity index (χ1) is 11.6. The fourth-order valence-corrected chi connectivity index (χ4v) is 3.78. The van der Waals surface area contributed by atoms with Crippen LogP contribution < -0.4 is 0 Å². The van der Waals surface area contributed by atoms with Crippen molar-refractivity contribution in [2.24, 2.45) is 0 Å². The summed E-state index contributed by atoms with van der Waals surface area (Å²) in [5.74, 6) is -0.0774. The second kappa shape index (κ2) is 7.74. The largest absolute Gasteiger partial charge is 0.335 e. The molecule has 7 heteroatoms. The molecule has 2 aliphatic rings. The second-order valence-electron chi connectivity index (χ2n) is 6.23. The Hall–Kier alpha value is -1.27. The van der Waals surface area contributed by atoms with E-state index in [1.807, 2.05) is 15.9 Å². The third-order valence-electron chi connectivity index (χ3n) is 4.62. The Balaban J connectivity index is 1.59. The van der Waals surface area contributed by atoms with Crippen molar-refractivity contribution < 1.29 is 9.59 Å². The lowest BCUT2D eigenvalue weighted by atomic mass is 10.1. The van der Waals surface area contributed by atoms with Gasteiger partial charge in [-0.1, -0.05) is 27.5 Å². The molecular formula is C17H21BrClN3O2. The minimum atomic E-state index is -0.0774. The molecule has 2 heterocycles. The van der Waals surface area contributed by atoms with Gasteiger partial charge in [-0.25, -0.2) is 4.79 Å². The van der Waals surface area contributed by atoms with Gasteiger partial charge in [-0.05, 0) is 37.5 Å². The molecule has 0 aliphatic carbocycles. The van der Waals surface area contributed by atoms with Crippen molar-refractivity contribution in [3.8, 4) is 0 Å². The summed E-state index contributed by atoms with van der Waals surface area (Å²) in [5.41, 5.74) is 0.502. The number of nitrogens with zero attached hydrogens (tertiary/aromatic N) is 3. The highest BCUT2D eigenvalue weighted by Crippen LogP contribution is 2.23. The lowest BCUT2D eigenvalue weighted by molar-refractivity contribution is 0.0633. The number of hydrogen-bond donors (Lipinski definition) is 0. The number of hydrogen-bond acceptors (Lipinski definition) is 2. The number of likely N-dealkylation sites (tertiary alicyclic amines) is 1. The fraction of sp³-hybridized carbons (Fsp3) is 0.529. The average Bonchev–Trinajstić information content (AvgIpc) is 2.63. The van der Waals surface area contributed by atoms with Crippen LogP contribution in [0.25, 0.3) is 0 Å². The lowest BCUT2D eigenvalue weighted by Gasteiger charge is -2.38. The number of piperidine rings is 1. The maximum atomic E-state index is 12.7. The number of halogens is 2. The molecule has 2 aliphatic heterocycles. The Morgan fingerprint density at radius 3 is 2.12 bits per heavy atom. The van der Waals surface area contributed by atoms with Crippen LogP contribution >= 0.6 is 27.5 Å². The maximum absolute atomic E-state index is 12.7. The van der Waals surface area contributed by atoms with Crippen molar-refractivity contribution in [3.05, 3.63) is 33.3 Å². The van der Waals surface area contributed by atoms with Crippen molar-refractivity contribution in [3.63, 3.8) is 0 Å². The molecule has 5 nitrogen and oxygen atoms in total. The Kier molecular flexibility index (Phi) is 5.66. The van der Waals surface area contributed by atoms with Crippen molar-refractivity contribution >= 4 is 39.5 Å². The summed E-state index contributed by atoms with van der Waals surface area (Å²) in [7, 11) is 0. The van der Waals surface area contributed by atoms with Crippen molar-refractivity contribution in [1.82, 2.24) is 14.7 Å². The Morgan fingerprint density at radius 2 is 1.46 bits per heavy atom. The number of carbonyl (C=O) groups excluding carboxylic acids is 2. The quantitative estimate of drug-likeness (QED) is 0.706. The third kappa shape index (κ3) is 3.86. The van der Waals surface area contributed by atoms with Crippen LogP contribution in [0.2, 0.25) is 5.02 Å². The molecule has 1 aromatic carbocycles. The van der Waals surface area contributed by atoms with Gasteiger partial charge in [0.15, 0.2) is 0 Å². The highest BCUT2D eigenvalue weighted by Gasteiger charge is 2.28. The molecule has 24 heavy (non-hydrogen) atoms. The number of carbonyl (C=O) groups is 2. The Bertz CT molecular complexity index is 626. The first-order valence-corrected chi connectivity index (χ1v) is 9.51. The number of piperazine rings is 1.